The number of aromatic nitrogens is 5. The van der Waals surface area contributed by atoms with Crippen molar-refractivity contribution in [2.24, 2.45) is 0 Å². The predicted molar refractivity (Wildman–Crippen MR) is 162 cm³/mol. The zero-order valence-electron chi connectivity index (χ0n) is 25.0. The Hall–Kier alpha value is -4.10. The fourth-order valence-corrected chi connectivity index (χ4v) is 5.95. The number of nitrogens with zero attached hydrogens (tertiary/aromatic N) is 5. The minimum atomic E-state index is -1.65. The van der Waals surface area contributed by atoms with Crippen molar-refractivity contribution in [3.63, 3.8) is 0 Å². The molecular formula is C30H36FN5O6S. The Kier molecular flexibility index (Phi) is 9.97. The molecule has 0 unspecified atom stereocenters. The minimum Gasteiger partial charge on any atom is -0.496 e. The van der Waals surface area contributed by atoms with Crippen molar-refractivity contribution in [2.75, 3.05) is 20.3 Å². The summed E-state index contributed by atoms with van der Waals surface area (Å²) in [4.78, 5) is 43.4. The highest BCUT2D eigenvalue weighted by Crippen LogP contribution is 2.34. The molecule has 1 aromatic carbocycles. The molecule has 0 aliphatic rings. The summed E-state index contributed by atoms with van der Waals surface area (Å²) < 4.78 is 33.9. The topological polar surface area (TPSA) is 119 Å². The Bertz CT molecular complexity index is 1720. The Morgan fingerprint density at radius 3 is 2.58 bits per heavy atom. The molecule has 0 radical (unpaired) electrons. The molecule has 4 aromatic rings. The molecule has 3 aromatic heterocycles. The summed E-state index contributed by atoms with van der Waals surface area (Å²) in [6, 6.07) is 4.05. The number of thiophene rings is 1. The monoisotopic (exact) mass is 613 g/mol. The molecule has 0 spiro atoms. The third kappa shape index (κ3) is 6.32. The first-order valence-electron chi connectivity index (χ1n) is 14.0. The van der Waals surface area contributed by atoms with Gasteiger partial charge in [-0.15, -0.1) is 11.4 Å². The molecule has 0 amide bonds. The number of ether oxygens (including phenoxy) is 3. The van der Waals surface area contributed by atoms with Gasteiger partial charge in [0.05, 0.1) is 44.6 Å². The van der Waals surface area contributed by atoms with Crippen LogP contribution in [0.1, 0.15) is 57.3 Å². The number of rotatable bonds is 14. The fourth-order valence-electron chi connectivity index (χ4n) is 4.73. The third-order valence-corrected chi connectivity index (χ3v) is 8.39. The average molecular weight is 614 g/mol. The van der Waals surface area contributed by atoms with Crippen molar-refractivity contribution in [2.45, 2.75) is 65.1 Å². The maximum atomic E-state index is 14.5. The van der Waals surface area contributed by atoms with E-state index < -0.39 is 34.7 Å². The second-order valence-corrected chi connectivity index (χ2v) is 11.4. The summed E-state index contributed by atoms with van der Waals surface area (Å²) in [6.07, 6.45) is 5.77. The molecule has 1 atom stereocenters. The second kappa shape index (κ2) is 13.5. The van der Waals surface area contributed by atoms with E-state index in [1.807, 2.05) is 6.92 Å². The summed E-state index contributed by atoms with van der Waals surface area (Å²) >= 11 is 1.15. The first-order valence-corrected chi connectivity index (χ1v) is 14.8. The van der Waals surface area contributed by atoms with Crippen LogP contribution in [-0.2, 0) is 26.4 Å². The molecule has 0 aliphatic heterocycles. The standard InChI is InChI=1S/C30H36FN5O6S/c1-7-9-15-41-23(21-17-20(31)11-12-22(21)40-6)18-34-27-24(19(3)26(43-27)36-32-13-14-33-36)25(37)35(29(34)39)30(4,5)28(38)42-16-10-8-2/h7,11-14,17,23H,1,8-10,15-16,18H2,2-6H3/t23-/m0/s1. The number of carbonyl (C=O) groups excluding carboxylic acids is 1. The Labute approximate surface area is 252 Å². The first-order chi connectivity index (χ1) is 20.6. The van der Waals surface area contributed by atoms with Gasteiger partial charge in [0.25, 0.3) is 5.56 Å². The number of unbranched alkanes of at least 4 members (excludes halogenated alkanes) is 1. The van der Waals surface area contributed by atoms with E-state index in [0.717, 1.165) is 22.3 Å². The number of hydrogen-bond acceptors (Lipinski definition) is 9. The van der Waals surface area contributed by atoms with Gasteiger partial charge in [0.15, 0.2) is 0 Å². The van der Waals surface area contributed by atoms with Gasteiger partial charge >= 0.3 is 11.7 Å². The molecule has 0 saturated heterocycles. The van der Waals surface area contributed by atoms with Crippen LogP contribution >= 0.6 is 11.3 Å². The summed E-state index contributed by atoms with van der Waals surface area (Å²) in [7, 11) is 1.46. The molecule has 0 aliphatic carbocycles. The van der Waals surface area contributed by atoms with Gasteiger partial charge in [0, 0.05) is 11.1 Å². The van der Waals surface area contributed by atoms with Crippen molar-refractivity contribution >= 4 is 27.5 Å². The summed E-state index contributed by atoms with van der Waals surface area (Å²) in [5.74, 6) is -0.852. The lowest BCUT2D eigenvalue weighted by Gasteiger charge is -2.27. The molecule has 0 bridgehead atoms. The van der Waals surface area contributed by atoms with E-state index in [2.05, 4.69) is 16.8 Å². The Morgan fingerprint density at radius 2 is 1.93 bits per heavy atom. The number of methoxy groups -OCH3 is 1. The molecule has 230 valence electrons. The van der Waals surface area contributed by atoms with Gasteiger partial charge in [0.1, 0.15) is 33.0 Å². The molecular weight excluding hydrogens is 577 g/mol. The van der Waals surface area contributed by atoms with Gasteiger partial charge in [-0.05, 0) is 51.8 Å². The summed E-state index contributed by atoms with van der Waals surface area (Å²) in [5, 5.41) is 9.17. The molecule has 0 fully saturated rings. The van der Waals surface area contributed by atoms with Crippen molar-refractivity contribution in [1.29, 1.82) is 0 Å². The number of esters is 1. The molecule has 0 saturated carbocycles. The largest absolute Gasteiger partial charge is 0.496 e. The number of hydrogen-bond donors (Lipinski definition) is 0. The molecule has 13 heteroatoms. The highest BCUT2D eigenvalue weighted by Gasteiger charge is 2.37. The molecule has 43 heavy (non-hydrogen) atoms. The van der Waals surface area contributed by atoms with Crippen LogP contribution in [0.2, 0.25) is 0 Å². The van der Waals surface area contributed by atoms with E-state index in [9.17, 15) is 18.8 Å². The van der Waals surface area contributed by atoms with Gasteiger partial charge < -0.3 is 14.2 Å². The van der Waals surface area contributed by atoms with Crippen molar-refractivity contribution in [3.8, 4) is 10.8 Å². The number of fused-ring (bicyclic) bond motifs is 1. The lowest BCUT2D eigenvalue weighted by Crippen LogP contribution is -2.53. The van der Waals surface area contributed by atoms with E-state index in [-0.39, 0.29) is 25.1 Å². The van der Waals surface area contributed by atoms with E-state index in [1.54, 1.807) is 13.0 Å². The SMILES string of the molecule is C=CCCO[C@@H](Cn1c(=O)n(C(C)(C)C(=O)OCCCC)c(=O)c2c(C)c(-n3nccn3)sc21)c1cc(F)ccc1OC. The van der Waals surface area contributed by atoms with Crippen molar-refractivity contribution < 1.29 is 23.4 Å². The van der Waals surface area contributed by atoms with Crippen LogP contribution < -0.4 is 16.0 Å². The predicted octanol–water partition coefficient (Wildman–Crippen LogP) is 4.67. The average Bonchev–Trinajstić information content (AvgIpc) is 3.62. The van der Waals surface area contributed by atoms with E-state index in [4.69, 9.17) is 14.2 Å². The molecule has 0 N–H and O–H groups in total. The quantitative estimate of drug-likeness (QED) is 0.114. The molecule has 4 rings (SSSR count). The Balaban J connectivity index is 1.99. The van der Waals surface area contributed by atoms with Crippen LogP contribution in [0.3, 0.4) is 0 Å². The van der Waals surface area contributed by atoms with E-state index >= 15 is 0 Å². The highest BCUT2D eigenvalue weighted by molar-refractivity contribution is 7.21. The van der Waals surface area contributed by atoms with Gasteiger partial charge in [-0.1, -0.05) is 30.8 Å². The van der Waals surface area contributed by atoms with Crippen LogP contribution in [0.15, 0.2) is 52.8 Å². The minimum absolute atomic E-state index is 0.126. The normalized spacial score (nSPS) is 12.4. The number of carbonyl (C=O) groups is 1. The second-order valence-electron chi connectivity index (χ2n) is 10.4. The number of aryl methyl sites for hydroxylation is 1. The third-order valence-electron chi connectivity index (χ3n) is 7.11. The Morgan fingerprint density at radius 1 is 1.21 bits per heavy atom. The summed E-state index contributed by atoms with van der Waals surface area (Å²) in [5.41, 5.74) is -2.13. The van der Waals surface area contributed by atoms with Crippen molar-refractivity contribution in [1.82, 2.24) is 24.1 Å². The first kappa shape index (κ1) is 31.8. The fraction of sp³-hybridized carbons (Fsp3) is 0.433. The van der Waals surface area contributed by atoms with Crippen LogP contribution in [-0.4, -0.2) is 50.4 Å². The zero-order chi connectivity index (χ0) is 31.3. The molecule has 11 nitrogen and oxygen atoms in total. The van der Waals surface area contributed by atoms with Crippen molar-refractivity contribution in [3.05, 3.63) is 81.0 Å². The maximum absolute atomic E-state index is 14.5. The van der Waals surface area contributed by atoms with E-state index in [0.29, 0.717) is 39.5 Å². The smallest absolute Gasteiger partial charge is 0.333 e. The lowest BCUT2D eigenvalue weighted by atomic mass is 10.0. The van der Waals surface area contributed by atoms with Crippen LogP contribution in [0, 0.1) is 12.7 Å². The zero-order valence-corrected chi connectivity index (χ0v) is 25.8. The van der Waals surface area contributed by atoms with Gasteiger partial charge in [-0.2, -0.15) is 10.2 Å². The highest BCUT2D eigenvalue weighted by atomic mass is 32.1. The number of halogens is 1. The van der Waals surface area contributed by atoms with Gasteiger partial charge in [-0.3, -0.25) is 9.36 Å². The number of benzene rings is 1. The van der Waals surface area contributed by atoms with Crippen LogP contribution in [0.5, 0.6) is 5.75 Å². The summed E-state index contributed by atoms with van der Waals surface area (Å²) in [6.45, 7) is 10.6. The lowest BCUT2D eigenvalue weighted by molar-refractivity contribution is -0.153. The van der Waals surface area contributed by atoms with Crippen LogP contribution in [0.4, 0.5) is 4.39 Å². The van der Waals surface area contributed by atoms with Gasteiger partial charge in [0.2, 0.25) is 0 Å². The van der Waals surface area contributed by atoms with Gasteiger partial charge in [-0.25, -0.2) is 18.5 Å². The van der Waals surface area contributed by atoms with E-state index in [1.165, 1.54) is 60.9 Å². The maximum Gasteiger partial charge on any atom is 0.333 e. The molecule has 3 heterocycles. The van der Waals surface area contributed by atoms with Crippen LogP contribution in [0.25, 0.3) is 15.2 Å².